The molecule has 0 aliphatic heterocycles. The summed E-state index contributed by atoms with van der Waals surface area (Å²) >= 11 is 0. The maximum absolute atomic E-state index is 6.09. The van der Waals surface area contributed by atoms with Crippen molar-refractivity contribution in [3.63, 3.8) is 0 Å². The Labute approximate surface area is 206 Å². The number of benzene rings is 1. The summed E-state index contributed by atoms with van der Waals surface area (Å²) < 4.78 is 23.3. The van der Waals surface area contributed by atoms with E-state index in [9.17, 15) is 0 Å². The van der Waals surface area contributed by atoms with Gasteiger partial charge in [0.05, 0.1) is 25.6 Å². The van der Waals surface area contributed by atoms with Gasteiger partial charge in [0.1, 0.15) is 5.75 Å². The second-order valence-electron chi connectivity index (χ2n) is 8.56. The molecule has 190 valence electrons. The first-order valence-corrected chi connectivity index (χ1v) is 13.2. The van der Waals surface area contributed by atoms with Crippen molar-refractivity contribution < 1.29 is 18.9 Å². The molecule has 2 rings (SSSR count). The van der Waals surface area contributed by atoms with Crippen LogP contribution in [0.5, 0.6) is 11.5 Å². The van der Waals surface area contributed by atoms with Crippen LogP contribution in [0.25, 0.3) is 11.4 Å². The van der Waals surface area contributed by atoms with Gasteiger partial charge in [0.25, 0.3) is 0 Å². The fraction of sp³-hybridized carbons (Fsp3) is 0.643. The van der Waals surface area contributed by atoms with Gasteiger partial charge in [-0.05, 0) is 49.9 Å². The number of aromatic nitrogens is 2. The number of rotatable bonds is 20. The zero-order valence-electron chi connectivity index (χ0n) is 21.5. The molecule has 1 aromatic heterocycles. The smallest absolute Gasteiger partial charge is 0.199 e. The quantitative estimate of drug-likeness (QED) is 0.150. The fourth-order valence-corrected chi connectivity index (χ4v) is 3.45. The molecule has 0 aliphatic rings. The first-order chi connectivity index (χ1) is 16.8. The minimum absolute atomic E-state index is 0.201. The van der Waals surface area contributed by atoms with Crippen molar-refractivity contribution in [2.45, 2.75) is 91.3 Å². The average Bonchev–Trinajstić information content (AvgIpc) is 2.86. The molecule has 0 N–H and O–H groups in total. The molecule has 0 fully saturated rings. The van der Waals surface area contributed by atoms with Gasteiger partial charge >= 0.3 is 0 Å². The maximum Gasteiger partial charge on any atom is 0.199 e. The normalized spacial score (nSPS) is 12.0. The van der Waals surface area contributed by atoms with Crippen LogP contribution in [0, 0.1) is 0 Å². The molecule has 0 bridgehead atoms. The SMILES string of the molecule is CCCCCCCOC(CCC)Oc1ccc(-c2ncc(OCCCCOCCC)cn2)cc1. The summed E-state index contributed by atoms with van der Waals surface area (Å²) in [6.45, 7) is 9.51. The highest BCUT2D eigenvalue weighted by Crippen LogP contribution is 2.22. The molecule has 34 heavy (non-hydrogen) atoms. The lowest BCUT2D eigenvalue weighted by molar-refractivity contribution is -0.0856. The second-order valence-corrected chi connectivity index (χ2v) is 8.56. The van der Waals surface area contributed by atoms with Gasteiger partial charge in [0.2, 0.25) is 0 Å². The Bertz CT molecular complexity index is 737. The van der Waals surface area contributed by atoms with E-state index in [1.165, 1.54) is 25.7 Å². The first-order valence-electron chi connectivity index (χ1n) is 13.2. The molecule has 0 spiro atoms. The Kier molecular flexibility index (Phi) is 15.0. The lowest BCUT2D eigenvalue weighted by atomic mass is 10.2. The van der Waals surface area contributed by atoms with Crippen molar-refractivity contribution in [1.82, 2.24) is 9.97 Å². The van der Waals surface area contributed by atoms with Gasteiger partial charge in [-0.1, -0.05) is 52.9 Å². The summed E-state index contributed by atoms with van der Waals surface area (Å²) in [6.07, 6.45) is 14.3. The molecule has 0 saturated carbocycles. The van der Waals surface area contributed by atoms with Crippen LogP contribution in [0.1, 0.15) is 85.0 Å². The van der Waals surface area contributed by atoms with Crippen LogP contribution in [0.2, 0.25) is 0 Å². The third-order valence-corrected chi connectivity index (χ3v) is 5.38. The van der Waals surface area contributed by atoms with Crippen LogP contribution in [-0.2, 0) is 9.47 Å². The Hall–Kier alpha value is -2.18. The standard InChI is InChI=1S/C28H44N2O4/c1-4-7-8-9-10-21-33-27(13-5-2)34-25-16-14-24(15-17-25)28-29-22-26(23-30-28)32-20-12-11-19-31-18-6-3/h14-17,22-23,27H,4-13,18-21H2,1-3H3. The van der Waals surface area contributed by atoms with E-state index in [4.69, 9.17) is 18.9 Å². The van der Waals surface area contributed by atoms with E-state index in [0.717, 1.165) is 69.7 Å². The molecule has 6 heteroatoms. The van der Waals surface area contributed by atoms with E-state index in [2.05, 4.69) is 30.7 Å². The van der Waals surface area contributed by atoms with E-state index in [1.54, 1.807) is 12.4 Å². The van der Waals surface area contributed by atoms with Crippen molar-refractivity contribution in [2.24, 2.45) is 0 Å². The van der Waals surface area contributed by atoms with Crippen molar-refractivity contribution in [1.29, 1.82) is 0 Å². The molecule has 0 saturated heterocycles. The predicted molar refractivity (Wildman–Crippen MR) is 137 cm³/mol. The third-order valence-electron chi connectivity index (χ3n) is 5.38. The highest BCUT2D eigenvalue weighted by Gasteiger charge is 2.11. The zero-order valence-corrected chi connectivity index (χ0v) is 21.5. The van der Waals surface area contributed by atoms with Gasteiger partial charge < -0.3 is 18.9 Å². The first kappa shape index (κ1) is 28.1. The van der Waals surface area contributed by atoms with Crippen LogP contribution < -0.4 is 9.47 Å². The predicted octanol–water partition coefficient (Wildman–Crippen LogP) is 7.22. The number of unbranched alkanes of at least 4 members (excludes halogenated alkanes) is 5. The zero-order chi connectivity index (χ0) is 24.3. The summed E-state index contributed by atoms with van der Waals surface area (Å²) in [5, 5.41) is 0. The van der Waals surface area contributed by atoms with Crippen LogP contribution in [0.4, 0.5) is 0 Å². The molecule has 1 heterocycles. The van der Waals surface area contributed by atoms with Crippen LogP contribution in [0.3, 0.4) is 0 Å². The maximum atomic E-state index is 6.09. The second kappa shape index (κ2) is 18.2. The van der Waals surface area contributed by atoms with Crippen molar-refractivity contribution in [3.8, 4) is 22.9 Å². The molecular formula is C28H44N2O4. The lowest BCUT2D eigenvalue weighted by Gasteiger charge is -2.19. The molecule has 6 nitrogen and oxygen atoms in total. The molecule has 1 unspecified atom stereocenters. The van der Waals surface area contributed by atoms with Gasteiger partial charge in [-0.25, -0.2) is 9.97 Å². The summed E-state index contributed by atoms with van der Waals surface area (Å²) in [4.78, 5) is 8.91. The van der Waals surface area contributed by atoms with E-state index in [0.29, 0.717) is 18.2 Å². The lowest BCUT2D eigenvalue weighted by Crippen LogP contribution is -2.21. The van der Waals surface area contributed by atoms with Gasteiger partial charge in [0, 0.05) is 25.2 Å². The topological polar surface area (TPSA) is 62.7 Å². The van der Waals surface area contributed by atoms with Crippen molar-refractivity contribution in [2.75, 3.05) is 26.4 Å². The van der Waals surface area contributed by atoms with Crippen LogP contribution in [0.15, 0.2) is 36.7 Å². The monoisotopic (exact) mass is 472 g/mol. The van der Waals surface area contributed by atoms with Crippen molar-refractivity contribution >= 4 is 0 Å². The highest BCUT2D eigenvalue weighted by molar-refractivity contribution is 5.56. The molecule has 1 atom stereocenters. The van der Waals surface area contributed by atoms with E-state index >= 15 is 0 Å². The Morgan fingerprint density at radius 2 is 1.38 bits per heavy atom. The Balaban J connectivity index is 1.75. The number of ether oxygens (including phenoxy) is 4. The Morgan fingerprint density at radius 1 is 0.676 bits per heavy atom. The summed E-state index contributed by atoms with van der Waals surface area (Å²) in [6, 6.07) is 7.87. The number of hydrogen-bond acceptors (Lipinski definition) is 6. The van der Waals surface area contributed by atoms with Gasteiger partial charge in [-0.15, -0.1) is 0 Å². The van der Waals surface area contributed by atoms with E-state index < -0.39 is 0 Å². The molecule has 1 aromatic carbocycles. The number of hydrogen-bond donors (Lipinski definition) is 0. The van der Waals surface area contributed by atoms with E-state index in [-0.39, 0.29) is 6.29 Å². The van der Waals surface area contributed by atoms with Gasteiger partial charge in [-0.2, -0.15) is 0 Å². The molecule has 0 aliphatic carbocycles. The average molecular weight is 473 g/mol. The Morgan fingerprint density at radius 3 is 2.09 bits per heavy atom. The van der Waals surface area contributed by atoms with Crippen LogP contribution in [-0.4, -0.2) is 42.7 Å². The van der Waals surface area contributed by atoms with Crippen molar-refractivity contribution in [3.05, 3.63) is 36.7 Å². The molecular weight excluding hydrogens is 428 g/mol. The minimum atomic E-state index is -0.201. The summed E-state index contributed by atoms with van der Waals surface area (Å²) in [7, 11) is 0. The highest BCUT2D eigenvalue weighted by atomic mass is 16.7. The van der Waals surface area contributed by atoms with Crippen LogP contribution >= 0.6 is 0 Å². The fourth-order valence-electron chi connectivity index (χ4n) is 3.45. The summed E-state index contributed by atoms with van der Waals surface area (Å²) in [5.74, 6) is 2.16. The summed E-state index contributed by atoms with van der Waals surface area (Å²) in [5.41, 5.74) is 0.941. The molecule has 0 radical (unpaired) electrons. The molecule has 2 aromatic rings. The van der Waals surface area contributed by atoms with Gasteiger partial charge in [-0.3, -0.25) is 0 Å². The van der Waals surface area contributed by atoms with Gasteiger partial charge in [0.15, 0.2) is 17.9 Å². The largest absolute Gasteiger partial charge is 0.490 e. The number of nitrogens with zero attached hydrogens (tertiary/aromatic N) is 2. The third kappa shape index (κ3) is 11.8. The minimum Gasteiger partial charge on any atom is -0.490 e. The van der Waals surface area contributed by atoms with E-state index in [1.807, 2.05) is 24.3 Å². The molecule has 0 amide bonds.